The second kappa shape index (κ2) is 8.93. The smallest absolute Gasteiger partial charge is 0.279 e. The van der Waals surface area contributed by atoms with Gasteiger partial charge in [-0.25, -0.2) is 0 Å². The summed E-state index contributed by atoms with van der Waals surface area (Å²) in [6.07, 6.45) is 0. The fourth-order valence-electron chi connectivity index (χ4n) is 2.46. The van der Waals surface area contributed by atoms with E-state index in [-0.39, 0.29) is 5.91 Å². The monoisotopic (exact) mass is 329 g/mol. The summed E-state index contributed by atoms with van der Waals surface area (Å²) in [7, 11) is 3.61. The van der Waals surface area contributed by atoms with Crippen LogP contribution in [0.2, 0.25) is 0 Å². The van der Waals surface area contributed by atoms with Crippen LogP contribution in [0.4, 0.5) is 5.69 Å². The summed E-state index contributed by atoms with van der Waals surface area (Å²) >= 11 is 0. The molecule has 0 spiro atoms. The van der Waals surface area contributed by atoms with E-state index in [2.05, 4.69) is 5.32 Å². The standard InChI is InChI=1S/C19H24N2O3/c1-4-24-17-10-8-15(9-11-17)13-21(2)14-19(22)20-16-6-5-7-18(12-16)23-3/h5-12H,4,13-14H2,1-3H3,(H,20,22)/p+1. The van der Waals surface area contributed by atoms with Gasteiger partial charge in [0.25, 0.3) is 5.91 Å². The van der Waals surface area contributed by atoms with Crippen LogP contribution in [0.3, 0.4) is 0 Å². The summed E-state index contributed by atoms with van der Waals surface area (Å²) in [6.45, 7) is 3.80. The van der Waals surface area contributed by atoms with Crippen LogP contribution in [-0.4, -0.2) is 33.2 Å². The predicted molar refractivity (Wildman–Crippen MR) is 94.7 cm³/mol. The Morgan fingerprint density at radius 1 is 1.12 bits per heavy atom. The molecule has 2 rings (SSSR count). The largest absolute Gasteiger partial charge is 0.497 e. The van der Waals surface area contributed by atoms with Crippen LogP contribution in [0.5, 0.6) is 11.5 Å². The molecule has 0 heterocycles. The van der Waals surface area contributed by atoms with Gasteiger partial charge in [-0.3, -0.25) is 4.79 Å². The van der Waals surface area contributed by atoms with Gasteiger partial charge in [-0.1, -0.05) is 6.07 Å². The molecule has 0 aliphatic heterocycles. The zero-order chi connectivity index (χ0) is 17.4. The lowest BCUT2D eigenvalue weighted by molar-refractivity contribution is -0.885. The molecule has 2 N–H and O–H groups in total. The molecule has 0 aromatic heterocycles. The van der Waals surface area contributed by atoms with E-state index in [4.69, 9.17) is 9.47 Å². The topological polar surface area (TPSA) is 52.0 Å². The lowest BCUT2D eigenvalue weighted by Gasteiger charge is -2.14. The summed E-state index contributed by atoms with van der Waals surface area (Å²) in [6, 6.07) is 15.3. The molecule has 24 heavy (non-hydrogen) atoms. The number of carbonyl (C=O) groups excluding carboxylic acids is 1. The van der Waals surface area contributed by atoms with Gasteiger partial charge in [-0.15, -0.1) is 0 Å². The van der Waals surface area contributed by atoms with Crippen molar-refractivity contribution < 1.29 is 19.2 Å². The van der Waals surface area contributed by atoms with Gasteiger partial charge in [-0.05, 0) is 43.3 Å². The predicted octanol–water partition coefficient (Wildman–Crippen LogP) is 1.75. The average molecular weight is 329 g/mol. The number of likely N-dealkylation sites (N-methyl/N-ethyl adjacent to an activating group) is 1. The minimum atomic E-state index is -0.0216. The van der Waals surface area contributed by atoms with Gasteiger partial charge in [0.05, 0.1) is 20.8 Å². The maximum absolute atomic E-state index is 12.2. The first-order chi connectivity index (χ1) is 11.6. The Bertz CT molecular complexity index is 656. The van der Waals surface area contributed by atoms with Crippen LogP contribution in [0.25, 0.3) is 0 Å². The third kappa shape index (κ3) is 5.59. The van der Waals surface area contributed by atoms with Crippen LogP contribution in [0, 0.1) is 0 Å². The fraction of sp³-hybridized carbons (Fsp3) is 0.316. The third-order valence-corrected chi connectivity index (χ3v) is 3.56. The molecule has 5 nitrogen and oxygen atoms in total. The molecule has 1 unspecified atom stereocenters. The first kappa shape index (κ1) is 17.8. The summed E-state index contributed by atoms with van der Waals surface area (Å²) in [5, 5.41) is 2.90. The van der Waals surface area contributed by atoms with Crippen LogP contribution in [-0.2, 0) is 11.3 Å². The second-order valence-corrected chi connectivity index (χ2v) is 5.67. The summed E-state index contributed by atoms with van der Waals surface area (Å²) in [5.74, 6) is 1.57. The molecule has 128 valence electrons. The minimum Gasteiger partial charge on any atom is -0.497 e. The number of carbonyl (C=O) groups is 1. The van der Waals surface area contributed by atoms with Gasteiger partial charge in [-0.2, -0.15) is 0 Å². The average Bonchev–Trinajstić information content (AvgIpc) is 2.57. The van der Waals surface area contributed by atoms with Crippen molar-refractivity contribution in [1.29, 1.82) is 0 Å². The van der Waals surface area contributed by atoms with Crippen molar-refractivity contribution in [3.8, 4) is 11.5 Å². The highest BCUT2D eigenvalue weighted by Gasteiger charge is 2.11. The van der Waals surface area contributed by atoms with E-state index in [1.165, 1.54) is 5.56 Å². The van der Waals surface area contributed by atoms with Crippen molar-refractivity contribution in [2.75, 3.05) is 32.6 Å². The highest BCUT2D eigenvalue weighted by molar-refractivity contribution is 5.91. The maximum Gasteiger partial charge on any atom is 0.279 e. The van der Waals surface area contributed by atoms with E-state index in [0.29, 0.717) is 13.2 Å². The molecule has 0 aliphatic carbocycles. The molecule has 0 saturated carbocycles. The fourth-order valence-corrected chi connectivity index (χ4v) is 2.46. The van der Waals surface area contributed by atoms with E-state index in [1.54, 1.807) is 13.2 Å². The van der Waals surface area contributed by atoms with Crippen LogP contribution >= 0.6 is 0 Å². The Morgan fingerprint density at radius 3 is 2.54 bits per heavy atom. The van der Waals surface area contributed by atoms with Gasteiger partial charge in [0, 0.05) is 17.3 Å². The molecule has 0 fully saturated rings. The number of methoxy groups -OCH3 is 1. The lowest BCUT2D eigenvalue weighted by atomic mass is 10.2. The number of benzene rings is 2. The summed E-state index contributed by atoms with van der Waals surface area (Å²) < 4.78 is 10.6. The van der Waals surface area contributed by atoms with E-state index in [9.17, 15) is 4.79 Å². The Balaban J connectivity index is 1.84. The highest BCUT2D eigenvalue weighted by atomic mass is 16.5. The number of anilines is 1. The van der Waals surface area contributed by atoms with Crippen LogP contribution < -0.4 is 19.7 Å². The van der Waals surface area contributed by atoms with E-state index < -0.39 is 0 Å². The number of amides is 1. The number of ether oxygens (including phenoxy) is 2. The summed E-state index contributed by atoms with van der Waals surface area (Å²) in [4.78, 5) is 13.3. The highest BCUT2D eigenvalue weighted by Crippen LogP contribution is 2.16. The molecular formula is C19H25N2O3+. The van der Waals surface area contributed by atoms with Crippen LogP contribution in [0.15, 0.2) is 48.5 Å². The first-order valence-corrected chi connectivity index (χ1v) is 8.07. The van der Waals surface area contributed by atoms with Crippen molar-refractivity contribution in [3.05, 3.63) is 54.1 Å². The van der Waals surface area contributed by atoms with E-state index in [1.807, 2.05) is 56.4 Å². The number of quaternary nitrogens is 1. The van der Waals surface area contributed by atoms with Crippen molar-refractivity contribution in [1.82, 2.24) is 0 Å². The molecule has 5 heteroatoms. The quantitative estimate of drug-likeness (QED) is 0.776. The Labute approximate surface area is 143 Å². The zero-order valence-electron chi connectivity index (χ0n) is 14.5. The Kier molecular flexibility index (Phi) is 6.63. The van der Waals surface area contributed by atoms with Crippen molar-refractivity contribution in [2.24, 2.45) is 0 Å². The number of rotatable bonds is 8. The molecule has 1 amide bonds. The lowest BCUT2D eigenvalue weighted by Crippen LogP contribution is -3.08. The van der Waals surface area contributed by atoms with Gasteiger partial charge < -0.3 is 19.7 Å². The molecule has 0 aliphatic rings. The summed E-state index contributed by atoms with van der Waals surface area (Å²) in [5.41, 5.74) is 1.92. The first-order valence-electron chi connectivity index (χ1n) is 8.07. The maximum atomic E-state index is 12.2. The number of hydrogen-bond donors (Lipinski definition) is 2. The van der Waals surface area contributed by atoms with Crippen molar-refractivity contribution >= 4 is 11.6 Å². The number of hydrogen-bond acceptors (Lipinski definition) is 3. The molecule has 0 saturated heterocycles. The second-order valence-electron chi connectivity index (χ2n) is 5.67. The zero-order valence-corrected chi connectivity index (χ0v) is 14.5. The van der Waals surface area contributed by atoms with Gasteiger partial charge in [0.2, 0.25) is 0 Å². The van der Waals surface area contributed by atoms with Crippen LogP contribution in [0.1, 0.15) is 12.5 Å². The van der Waals surface area contributed by atoms with Crippen molar-refractivity contribution in [2.45, 2.75) is 13.5 Å². The van der Waals surface area contributed by atoms with E-state index >= 15 is 0 Å². The molecule has 1 atom stereocenters. The molecule has 0 bridgehead atoms. The molecular weight excluding hydrogens is 304 g/mol. The Morgan fingerprint density at radius 2 is 1.88 bits per heavy atom. The van der Waals surface area contributed by atoms with Gasteiger partial charge in [0.1, 0.15) is 18.0 Å². The minimum absolute atomic E-state index is 0.0216. The van der Waals surface area contributed by atoms with Crippen molar-refractivity contribution in [3.63, 3.8) is 0 Å². The SMILES string of the molecule is CCOc1ccc(C[NH+](C)CC(=O)Nc2cccc(OC)c2)cc1. The number of nitrogens with one attached hydrogen (secondary N) is 2. The third-order valence-electron chi connectivity index (χ3n) is 3.56. The molecule has 2 aromatic carbocycles. The Hall–Kier alpha value is -2.53. The van der Waals surface area contributed by atoms with Gasteiger partial charge >= 0.3 is 0 Å². The molecule has 0 radical (unpaired) electrons. The normalized spacial score (nSPS) is 11.6. The molecule has 2 aromatic rings. The van der Waals surface area contributed by atoms with Gasteiger partial charge in [0.15, 0.2) is 6.54 Å². The van der Waals surface area contributed by atoms with E-state index in [0.717, 1.165) is 28.6 Å².